The van der Waals surface area contributed by atoms with E-state index < -0.39 is 5.60 Å². The van der Waals surface area contributed by atoms with Gasteiger partial charge in [0.1, 0.15) is 4.64 Å². The first-order valence-electron chi connectivity index (χ1n) is 6.50. The van der Waals surface area contributed by atoms with Gasteiger partial charge < -0.3 is 15.4 Å². The Kier molecular flexibility index (Phi) is 5.69. The minimum absolute atomic E-state index is 0.224. The van der Waals surface area contributed by atoms with E-state index in [1.165, 1.54) is 0 Å². The van der Waals surface area contributed by atoms with Crippen LogP contribution in [0.3, 0.4) is 0 Å². The number of carbonyl (C=O) groups excluding carboxylic acids is 1. The number of pyridine rings is 1. The highest BCUT2D eigenvalue weighted by atomic mass is 32.1. The third-order valence-corrected chi connectivity index (χ3v) is 3.29. The van der Waals surface area contributed by atoms with Crippen molar-refractivity contribution in [3.8, 4) is 0 Å². The van der Waals surface area contributed by atoms with Gasteiger partial charge in [0.15, 0.2) is 0 Å². The van der Waals surface area contributed by atoms with Crippen molar-refractivity contribution < 1.29 is 9.90 Å². The fraction of sp³-hybridized carbons (Fsp3) is 0.571. The van der Waals surface area contributed by atoms with E-state index in [-0.39, 0.29) is 12.5 Å². The van der Waals surface area contributed by atoms with E-state index in [4.69, 9.17) is 12.2 Å². The van der Waals surface area contributed by atoms with Gasteiger partial charge in [-0.3, -0.25) is 4.79 Å². The number of hydrogen-bond donors (Lipinski definition) is 3. The maximum atomic E-state index is 11.9. The zero-order valence-electron chi connectivity index (χ0n) is 11.7. The summed E-state index contributed by atoms with van der Waals surface area (Å²) in [6.07, 6.45) is 3.26. The molecule has 0 saturated carbocycles. The molecule has 0 saturated heterocycles. The summed E-state index contributed by atoms with van der Waals surface area (Å²) in [5.41, 5.74) is -0.461. The number of nitrogens with one attached hydrogen (secondary N) is 2. The first-order chi connectivity index (χ1) is 8.82. The second-order valence-corrected chi connectivity index (χ2v) is 5.93. The predicted molar refractivity (Wildman–Crippen MR) is 78.7 cm³/mol. The number of rotatable bonds is 6. The van der Waals surface area contributed by atoms with Crippen LogP contribution in [-0.2, 0) is 0 Å². The molecule has 1 atom stereocenters. The van der Waals surface area contributed by atoms with E-state index in [0.29, 0.717) is 22.5 Å². The molecule has 0 aliphatic carbocycles. The molecule has 0 aliphatic rings. The summed E-state index contributed by atoms with van der Waals surface area (Å²) >= 11 is 5.04. The lowest BCUT2D eigenvalue weighted by molar-refractivity contribution is 0.0429. The quantitative estimate of drug-likeness (QED) is 0.703. The molecule has 0 aromatic carbocycles. The second-order valence-electron chi connectivity index (χ2n) is 5.53. The van der Waals surface area contributed by atoms with Gasteiger partial charge in [0.2, 0.25) is 0 Å². The Morgan fingerprint density at radius 1 is 1.58 bits per heavy atom. The SMILES string of the molecule is CC(C)CCC(C)(O)CNC(=O)c1ccc[nH]c1=S. The molecule has 1 amide bonds. The summed E-state index contributed by atoms with van der Waals surface area (Å²) < 4.78 is 0.404. The standard InChI is InChI=1S/C14H22N2O2S/c1-10(2)6-7-14(3,18)9-16-12(17)11-5-4-8-15-13(11)19/h4-5,8,10,18H,6-7,9H2,1-3H3,(H,15,19)(H,16,17). The summed E-state index contributed by atoms with van der Waals surface area (Å²) in [6, 6.07) is 3.39. The molecule has 1 aromatic rings. The van der Waals surface area contributed by atoms with Gasteiger partial charge in [0.05, 0.1) is 11.2 Å². The number of carbonyl (C=O) groups is 1. The minimum atomic E-state index is -0.889. The lowest BCUT2D eigenvalue weighted by Gasteiger charge is -2.24. The van der Waals surface area contributed by atoms with Crippen LogP contribution < -0.4 is 5.32 Å². The molecule has 19 heavy (non-hydrogen) atoms. The van der Waals surface area contributed by atoms with Crippen molar-refractivity contribution in [2.75, 3.05) is 6.54 Å². The zero-order chi connectivity index (χ0) is 14.5. The third-order valence-electron chi connectivity index (χ3n) is 2.95. The molecule has 0 aliphatic heterocycles. The van der Waals surface area contributed by atoms with Gasteiger partial charge in [-0.25, -0.2) is 0 Å². The Balaban J connectivity index is 2.55. The molecule has 1 aromatic heterocycles. The average Bonchev–Trinajstić information content (AvgIpc) is 2.34. The van der Waals surface area contributed by atoms with Crippen LogP contribution in [0.4, 0.5) is 0 Å². The Labute approximate surface area is 119 Å². The fourth-order valence-corrected chi connectivity index (χ4v) is 1.88. The Hall–Kier alpha value is -1.20. The number of aromatic amines is 1. The van der Waals surface area contributed by atoms with Crippen molar-refractivity contribution in [1.82, 2.24) is 10.3 Å². The number of aromatic nitrogens is 1. The fourth-order valence-electron chi connectivity index (χ4n) is 1.65. The monoisotopic (exact) mass is 282 g/mol. The van der Waals surface area contributed by atoms with Crippen molar-refractivity contribution in [2.24, 2.45) is 5.92 Å². The molecule has 3 N–H and O–H groups in total. The molecule has 0 bridgehead atoms. The Morgan fingerprint density at radius 3 is 2.84 bits per heavy atom. The molecular weight excluding hydrogens is 260 g/mol. The smallest absolute Gasteiger partial charge is 0.254 e. The summed E-state index contributed by atoms with van der Waals surface area (Å²) in [7, 11) is 0. The topological polar surface area (TPSA) is 65.1 Å². The van der Waals surface area contributed by atoms with E-state index in [0.717, 1.165) is 6.42 Å². The molecule has 5 heteroatoms. The number of amides is 1. The van der Waals surface area contributed by atoms with Crippen LogP contribution in [0, 0.1) is 10.6 Å². The summed E-state index contributed by atoms with van der Waals surface area (Å²) in [4.78, 5) is 14.8. The van der Waals surface area contributed by atoms with Crippen LogP contribution in [0.1, 0.15) is 44.0 Å². The largest absolute Gasteiger partial charge is 0.388 e. The molecule has 4 nitrogen and oxygen atoms in total. The molecule has 0 fully saturated rings. The normalized spacial score (nSPS) is 14.2. The van der Waals surface area contributed by atoms with Gasteiger partial charge in [-0.05, 0) is 37.8 Å². The predicted octanol–water partition coefficient (Wildman–Crippen LogP) is 2.66. The molecule has 106 valence electrons. The first-order valence-corrected chi connectivity index (χ1v) is 6.91. The van der Waals surface area contributed by atoms with Crippen molar-refractivity contribution >= 4 is 18.1 Å². The van der Waals surface area contributed by atoms with E-state index in [2.05, 4.69) is 24.1 Å². The molecule has 1 rings (SSSR count). The molecule has 1 heterocycles. The zero-order valence-corrected chi connectivity index (χ0v) is 12.5. The lowest BCUT2D eigenvalue weighted by Crippen LogP contribution is -2.40. The van der Waals surface area contributed by atoms with Gasteiger partial charge in [-0.1, -0.05) is 26.1 Å². The van der Waals surface area contributed by atoms with E-state index >= 15 is 0 Å². The third kappa shape index (κ3) is 5.53. The van der Waals surface area contributed by atoms with Crippen LogP contribution in [0.5, 0.6) is 0 Å². The van der Waals surface area contributed by atoms with Crippen LogP contribution >= 0.6 is 12.2 Å². The second kappa shape index (κ2) is 6.82. The van der Waals surface area contributed by atoms with Gasteiger partial charge in [0, 0.05) is 12.7 Å². The van der Waals surface area contributed by atoms with Crippen molar-refractivity contribution in [1.29, 1.82) is 0 Å². The minimum Gasteiger partial charge on any atom is -0.388 e. The van der Waals surface area contributed by atoms with Crippen LogP contribution in [0.2, 0.25) is 0 Å². The van der Waals surface area contributed by atoms with E-state index in [1.807, 2.05) is 0 Å². The maximum absolute atomic E-state index is 11.9. The van der Waals surface area contributed by atoms with Crippen LogP contribution in [-0.4, -0.2) is 28.1 Å². The van der Waals surface area contributed by atoms with E-state index in [1.54, 1.807) is 25.3 Å². The average molecular weight is 282 g/mol. The highest BCUT2D eigenvalue weighted by molar-refractivity contribution is 7.71. The highest BCUT2D eigenvalue weighted by Crippen LogP contribution is 2.15. The summed E-state index contributed by atoms with van der Waals surface area (Å²) in [5.74, 6) is 0.275. The maximum Gasteiger partial charge on any atom is 0.254 e. The van der Waals surface area contributed by atoms with Crippen LogP contribution in [0.15, 0.2) is 18.3 Å². The lowest BCUT2D eigenvalue weighted by atomic mass is 9.95. The van der Waals surface area contributed by atoms with Crippen molar-refractivity contribution in [3.05, 3.63) is 28.5 Å². The van der Waals surface area contributed by atoms with Crippen molar-refractivity contribution in [2.45, 2.75) is 39.2 Å². The first kappa shape index (κ1) is 15.9. The Bertz CT molecular complexity index is 480. The number of aliphatic hydroxyl groups is 1. The Morgan fingerprint density at radius 2 is 2.26 bits per heavy atom. The van der Waals surface area contributed by atoms with Gasteiger partial charge in [0.25, 0.3) is 5.91 Å². The number of H-pyrrole nitrogens is 1. The summed E-state index contributed by atoms with van der Waals surface area (Å²) in [5, 5.41) is 12.9. The molecular formula is C14H22N2O2S. The molecule has 0 spiro atoms. The molecule has 0 radical (unpaired) electrons. The summed E-state index contributed by atoms with van der Waals surface area (Å²) in [6.45, 7) is 6.18. The van der Waals surface area contributed by atoms with Gasteiger partial charge in [-0.15, -0.1) is 0 Å². The highest BCUT2D eigenvalue weighted by Gasteiger charge is 2.21. The van der Waals surface area contributed by atoms with Gasteiger partial charge >= 0.3 is 0 Å². The molecule has 1 unspecified atom stereocenters. The van der Waals surface area contributed by atoms with Gasteiger partial charge in [-0.2, -0.15) is 0 Å². The van der Waals surface area contributed by atoms with E-state index in [9.17, 15) is 9.90 Å². The van der Waals surface area contributed by atoms with Crippen molar-refractivity contribution in [3.63, 3.8) is 0 Å². The number of hydrogen-bond acceptors (Lipinski definition) is 3. The van der Waals surface area contributed by atoms with Crippen LogP contribution in [0.25, 0.3) is 0 Å².